The van der Waals surface area contributed by atoms with E-state index in [9.17, 15) is 4.79 Å². The Morgan fingerprint density at radius 1 is 1.05 bits per heavy atom. The van der Waals surface area contributed by atoms with Gasteiger partial charge in [0.2, 0.25) is 0 Å². The summed E-state index contributed by atoms with van der Waals surface area (Å²) < 4.78 is 11.4. The van der Waals surface area contributed by atoms with Gasteiger partial charge in [0.25, 0.3) is 0 Å². The molecule has 0 amide bonds. The van der Waals surface area contributed by atoms with E-state index in [1.807, 2.05) is 24.3 Å². The van der Waals surface area contributed by atoms with Crippen molar-refractivity contribution in [3.05, 3.63) is 58.1 Å². The van der Waals surface area contributed by atoms with Crippen molar-refractivity contribution in [3.63, 3.8) is 0 Å². The first-order chi connectivity index (χ1) is 9.63. The van der Waals surface area contributed by atoms with Gasteiger partial charge in [0.1, 0.15) is 11.5 Å². The fourth-order valence-corrected chi connectivity index (χ4v) is 2.18. The van der Waals surface area contributed by atoms with Crippen LogP contribution in [0.1, 0.15) is 15.9 Å². The lowest BCUT2D eigenvalue weighted by molar-refractivity contribution is 0.0990. The number of halogens is 1. The molecule has 0 aliphatic heterocycles. The second kappa shape index (κ2) is 6.57. The first kappa shape index (κ1) is 14.6. The van der Waals surface area contributed by atoms with Gasteiger partial charge in [0.05, 0.1) is 19.8 Å². The summed E-state index contributed by atoms with van der Waals surface area (Å²) >= 11 is 3.38. The molecule has 3 nitrogen and oxygen atoms in total. The molecule has 0 aromatic heterocycles. The predicted molar refractivity (Wildman–Crippen MR) is 81.7 cm³/mol. The number of methoxy groups -OCH3 is 2. The van der Waals surface area contributed by atoms with E-state index in [1.54, 1.807) is 32.4 Å². The highest BCUT2D eigenvalue weighted by Gasteiger charge is 2.13. The summed E-state index contributed by atoms with van der Waals surface area (Å²) in [7, 11) is 3.13. The Balaban J connectivity index is 2.22. The Morgan fingerprint density at radius 3 is 2.35 bits per heavy atom. The number of benzene rings is 2. The molecule has 0 radical (unpaired) electrons. The van der Waals surface area contributed by atoms with E-state index in [-0.39, 0.29) is 5.78 Å². The van der Waals surface area contributed by atoms with Crippen LogP contribution in [0.2, 0.25) is 0 Å². The highest BCUT2D eigenvalue weighted by molar-refractivity contribution is 9.10. The summed E-state index contributed by atoms with van der Waals surface area (Å²) in [6.07, 6.45) is 0.343. The Labute approximate surface area is 126 Å². The number of ketones is 1. The Hall–Kier alpha value is -1.81. The molecular formula is C16H15BrO3. The van der Waals surface area contributed by atoms with Gasteiger partial charge in [0, 0.05) is 17.0 Å². The molecule has 0 unspecified atom stereocenters. The van der Waals surface area contributed by atoms with Gasteiger partial charge in [-0.1, -0.05) is 28.1 Å². The van der Waals surface area contributed by atoms with Crippen molar-refractivity contribution in [3.8, 4) is 11.5 Å². The van der Waals surface area contributed by atoms with Gasteiger partial charge in [-0.15, -0.1) is 0 Å². The van der Waals surface area contributed by atoms with Crippen LogP contribution < -0.4 is 9.47 Å². The fraction of sp³-hybridized carbons (Fsp3) is 0.188. The topological polar surface area (TPSA) is 35.5 Å². The molecule has 20 heavy (non-hydrogen) atoms. The lowest BCUT2D eigenvalue weighted by Gasteiger charge is -2.09. The predicted octanol–water partition coefficient (Wildman–Crippen LogP) is 3.89. The molecule has 0 spiro atoms. The number of ether oxygens (including phenoxy) is 2. The van der Waals surface area contributed by atoms with Crippen molar-refractivity contribution >= 4 is 21.7 Å². The van der Waals surface area contributed by atoms with E-state index in [0.29, 0.717) is 23.5 Å². The molecule has 2 rings (SSSR count). The minimum absolute atomic E-state index is 0.0202. The molecular weight excluding hydrogens is 320 g/mol. The first-order valence-corrected chi connectivity index (χ1v) is 6.93. The third kappa shape index (κ3) is 3.39. The summed E-state index contributed by atoms with van der Waals surface area (Å²) in [4.78, 5) is 12.3. The van der Waals surface area contributed by atoms with Crippen molar-refractivity contribution < 1.29 is 14.3 Å². The van der Waals surface area contributed by atoms with Gasteiger partial charge < -0.3 is 9.47 Å². The van der Waals surface area contributed by atoms with Gasteiger partial charge >= 0.3 is 0 Å². The van der Waals surface area contributed by atoms with Crippen LogP contribution in [0.5, 0.6) is 11.5 Å². The second-order valence-corrected chi connectivity index (χ2v) is 5.21. The Kier molecular flexibility index (Phi) is 4.79. The Morgan fingerprint density at radius 2 is 1.75 bits per heavy atom. The lowest BCUT2D eigenvalue weighted by Crippen LogP contribution is -2.06. The average Bonchev–Trinajstić information content (AvgIpc) is 2.48. The molecule has 0 N–H and O–H groups in total. The smallest absolute Gasteiger partial charge is 0.170 e. The molecule has 2 aromatic rings. The molecule has 0 aliphatic rings. The molecule has 104 valence electrons. The quantitative estimate of drug-likeness (QED) is 0.778. The van der Waals surface area contributed by atoms with Crippen LogP contribution in [0.25, 0.3) is 0 Å². The normalized spacial score (nSPS) is 10.2. The maximum Gasteiger partial charge on any atom is 0.170 e. The third-order valence-corrected chi connectivity index (χ3v) is 3.52. The zero-order chi connectivity index (χ0) is 14.5. The lowest BCUT2D eigenvalue weighted by atomic mass is 10.0. The fourth-order valence-electron chi connectivity index (χ4n) is 1.91. The van der Waals surface area contributed by atoms with Gasteiger partial charge in [0.15, 0.2) is 5.78 Å². The first-order valence-electron chi connectivity index (χ1n) is 6.13. The highest BCUT2D eigenvalue weighted by atomic mass is 79.9. The third-order valence-electron chi connectivity index (χ3n) is 2.99. The van der Waals surface area contributed by atoms with Crippen LogP contribution in [0, 0.1) is 0 Å². The van der Waals surface area contributed by atoms with Crippen LogP contribution >= 0.6 is 15.9 Å². The zero-order valence-corrected chi connectivity index (χ0v) is 12.9. The standard InChI is InChI=1S/C16H15BrO3/c1-19-13-7-8-14(16(10-13)20-2)15(18)9-11-3-5-12(17)6-4-11/h3-8,10H,9H2,1-2H3. The molecule has 0 saturated carbocycles. The summed E-state index contributed by atoms with van der Waals surface area (Å²) in [6.45, 7) is 0. The second-order valence-electron chi connectivity index (χ2n) is 4.29. The summed E-state index contributed by atoms with van der Waals surface area (Å²) in [5.41, 5.74) is 1.53. The zero-order valence-electron chi connectivity index (χ0n) is 11.4. The van der Waals surface area contributed by atoms with Gasteiger partial charge in [-0.05, 0) is 29.8 Å². The van der Waals surface area contributed by atoms with Crippen molar-refractivity contribution in [2.24, 2.45) is 0 Å². The number of Topliss-reactive ketones (excluding diaryl/α,β-unsaturated/α-hetero) is 1. The van der Waals surface area contributed by atoms with E-state index in [1.165, 1.54) is 0 Å². The number of hydrogen-bond acceptors (Lipinski definition) is 3. The average molecular weight is 335 g/mol. The minimum atomic E-state index is 0.0202. The highest BCUT2D eigenvalue weighted by Crippen LogP contribution is 2.26. The van der Waals surface area contributed by atoms with Crippen LogP contribution in [0.4, 0.5) is 0 Å². The summed E-state index contributed by atoms with van der Waals surface area (Å²) in [5.74, 6) is 1.22. The van der Waals surface area contributed by atoms with E-state index in [4.69, 9.17) is 9.47 Å². The molecule has 0 fully saturated rings. The largest absolute Gasteiger partial charge is 0.497 e. The maximum absolute atomic E-state index is 12.3. The number of rotatable bonds is 5. The van der Waals surface area contributed by atoms with E-state index in [0.717, 1.165) is 10.0 Å². The van der Waals surface area contributed by atoms with E-state index < -0.39 is 0 Å². The van der Waals surface area contributed by atoms with Crippen molar-refractivity contribution in [2.75, 3.05) is 14.2 Å². The molecule has 2 aromatic carbocycles. The van der Waals surface area contributed by atoms with Gasteiger partial charge in [-0.3, -0.25) is 4.79 Å². The van der Waals surface area contributed by atoms with E-state index >= 15 is 0 Å². The molecule has 0 bridgehead atoms. The number of hydrogen-bond donors (Lipinski definition) is 0. The van der Waals surface area contributed by atoms with Crippen molar-refractivity contribution in [2.45, 2.75) is 6.42 Å². The van der Waals surface area contributed by atoms with Crippen LogP contribution in [-0.4, -0.2) is 20.0 Å². The van der Waals surface area contributed by atoms with Crippen LogP contribution in [0.3, 0.4) is 0 Å². The van der Waals surface area contributed by atoms with Crippen molar-refractivity contribution in [1.82, 2.24) is 0 Å². The number of carbonyl (C=O) groups is 1. The van der Waals surface area contributed by atoms with Crippen LogP contribution in [0.15, 0.2) is 46.9 Å². The molecule has 4 heteroatoms. The SMILES string of the molecule is COc1ccc(C(=O)Cc2ccc(Br)cc2)c(OC)c1. The molecule has 0 heterocycles. The van der Waals surface area contributed by atoms with E-state index in [2.05, 4.69) is 15.9 Å². The van der Waals surface area contributed by atoms with Gasteiger partial charge in [-0.2, -0.15) is 0 Å². The monoisotopic (exact) mass is 334 g/mol. The Bertz CT molecular complexity index is 606. The van der Waals surface area contributed by atoms with Crippen molar-refractivity contribution in [1.29, 1.82) is 0 Å². The van der Waals surface area contributed by atoms with Gasteiger partial charge in [-0.25, -0.2) is 0 Å². The molecule has 0 aliphatic carbocycles. The summed E-state index contributed by atoms with van der Waals surface area (Å²) in [6, 6.07) is 12.9. The maximum atomic E-state index is 12.3. The van der Waals surface area contributed by atoms with Crippen LogP contribution in [-0.2, 0) is 6.42 Å². The number of carbonyl (C=O) groups excluding carboxylic acids is 1. The summed E-state index contributed by atoms with van der Waals surface area (Å²) in [5, 5.41) is 0. The molecule has 0 atom stereocenters. The minimum Gasteiger partial charge on any atom is -0.497 e. The molecule has 0 saturated heterocycles.